The van der Waals surface area contributed by atoms with Crippen LogP contribution in [0.25, 0.3) is 0 Å². The van der Waals surface area contributed by atoms with Gasteiger partial charge in [-0.3, -0.25) is 0 Å². The molecule has 0 amide bonds. The maximum atomic E-state index is 2.87. The minimum absolute atomic E-state index is 1.06. The monoisotopic (exact) mass is 441 g/mol. The van der Waals surface area contributed by atoms with Crippen molar-refractivity contribution in [1.82, 2.24) is 4.90 Å². The third-order valence-corrected chi connectivity index (χ3v) is 24.1. The molecular formula is C22H43NSn. The van der Waals surface area contributed by atoms with Gasteiger partial charge in [0.2, 0.25) is 0 Å². The summed E-state index contributed by atoms with van der Waals surface area (Å²) in [6, 6.07) is 0. The summed E-state index contributed by atoms with van der Waals surface area (Å²) in [6.45, 7) is 9.91. The van der Waals surface area contributed by atoms with Gasteiger partial charge in [-0.15, -0.1) is 0 Å². The topological polar surface area (TPSA) is 3.24 Å². The van der Waals surface area contributed by atoms with Gasteiger partial charge in [0.25, 0.3) is 0 Å². The first-order valence-electron chi connectivity index (χ1n) is 11.2. The van der Waals surface area contributed by atoms with Crippen LogP contribution in [0.4, 0.5) is 0 Å². The molecule has 2 heteroatoms. The second-order valence-corrected chi connectivity index (χ2v) is 22.7. The summed E-state index contributed by atoms with van der Waals surface area (Å²) in [5, 5.41) is 0. The van der Waals surface area contributed by atoms with Crippen LogP contribution in [-0.2, 0) is 0 Å². The molecule has 1 atom stereocenters. The predicted octanol–water partition coefficient (Wildman–Crippen LogP) is 7.37. The van der Waals surface area contributed by atoms with Crippen LogP contribution in [0.15, 0.2) is 11.8 Å². The summed E-state index contributed by atoms with van der Waals surface area (Å²) in [4.78, 5) is 2.75. The van der Waals surface area contributed by atoms with Crippen molar-refractivity contribution in [2.75, 3.05) is 13.1 Å². The van der Waals surface area contributed by atoms with E-state index in [1.54, 1.807) is 25.4 Å². The van der Waals surface area contributed by atoms with Crippen molar-refractivity contribution < 1.29 is 0 Å². The molecule has 1 unspecified atom stereocenters. The van der Waals surface area contributed by atoms with E-state index in [0.717, 1.165) is 3.93 Å². The first-order valence-corrected chi connectivity index (χ1v) is 18.9. The molecule has 0 radical (unpaired) electrons. The summed E-state index contributed by atoms with van der Waals surface area (Å²) < 4.78 is 6.10. The van der Waals surface area contributed by atoms with Crippen LogP contribution in [0.5, 0.6) is 0 Å². The molecule has 1 nitrogen and oxygen atoms in total. The first kappa shape index (κ1) is 20.6. The van der Waals surface area contributed by atoms with E-state index in [0.29, 0.717) is 0 Å². The fourth-order valence-electron chi connectivity index (χ4n) is 5.17. The number of hydrogen-bond donors (Lipinski definition) is 0. The van der Waals surface area contributed by atoms with Gasteiger partial charge in [-0.1, -0.05) is 0 Å². The zero-order chi connectivity index (χ0) is 17.3. The van der Waals surface area contributed by atoms with Crippen molar-refractivity contribution in [2.24, 2.45) is 0 Å². The minimum atomic E-state index is -2.05. The van der Waals surface area contributed by atoms with E-state index in [2.05, 4.69) is 31.7 Å². The molecule has 140 valence electrons. The van der Waals surface area contributed by atoms with Gasteiger partial charge in [0.05, 0.1) is 0 Å². The van der Waals surface area contributed by atoms with Crippen LogP contribution in [0.3, 0.4) is 0 Å². The Kier molecular flexibility index (Phi) is 9.58. The van der Waals surface area contributed by atoms with Gasteiger partial charge in [0.15, 0.2) is 0 Å². The first-order chi connectivity index (χ1) is 11.8. The third-order valence-electron chi connectivity index (χ3n) is 6.73. The van der Waals surface area contributed by atoms with Crippen molar-refractivity contribution >= 4 is 18.4 Å². The number of likely N-dealkylation sites (tertiary alicyclic amines) is 1. The van der Waals surface area contributed by atoms with Gasteiger partial charge in [0.1, 0.15) is 0 Å². The number of unbranched alkanes of at least 4 members (excludes halogenated alkanes) is 3. The van der Waals surface area contributed by atoms with Gasteiger partial charge in [0, 0.05) is 0 Å². The van der Waals surface area contributed by atoms with Gasteiger partial charge in [-0.25, -0.2) is 0 Å². The van der Waals surface area contributed by atoms with Crippen LogP contribution < -0.4 is 0 Å². The number of hydrogen-bond acceptors (Lipinski definition) is 1. The Bertz CT molecular complexity index is 348. The van der Waals surface area contributed by atoms with Gasteiger partial charge in [-0.05, 0) is 0 Å². The molecule has 0 spiro atoms. The van der Waals surface area contributed by atoms with Crippen LogP contribution in [-0.4, -0.2) is 36.4 Å². The van der Waals surface area contributed by atoms with Crippen LogP contribution in [0, 0.1) is 0 Å². The summed E-state index contributed by atoms with van der Waals surface area (Å²) in [5.41, 5.74) is 1.77. The molecular weight excluding hydrogens is 397 g/mol. The summed E-state index contributed by atoms with van der Waals surface area (Å²) in [7, 11) is 0. The Hall–Kier alpha value is 0.339. The molecule has 2 aliphatic rings. The van der Waals surface area contributed by atoms with Crippen molar-refractivity contribution in [1.29, 1.82) is 0 Å². The Morgan fingerprint density at radius 1 is 0.875 bits per heavy atom. The van der Waals surface area contributed by atoms with E-state index in [1.807, 2.05) is 0 Å². The Balaban J connectivity index is 2.19. The second kappa shape index (κ2) is 11.1. The zero-order valence-electron chi connectivity index (χ0n) is 16.9. The molecule has 0 aromatic carbocycles. The number of nitrogens with zero attached hydrogens (tertiary/aromatic N) is 1. The van der Waals surface area contributed by atoms with E-state index >= 15 is 0 Å². The SMILES string of the molecule is CCC[CH2][Sn]([CH2]CCC)([CH2]CCC)[CH]1C=C(N2CCCC2)CCC1. The van der Waals surface area contributed by atoms with Crippen LogP contribution >= 0.6 is 0 Å². The number of rotatable bonds is 11. The molecule has 0 N–H and O–H groups in total. The van der Waals surface area contributed by atoms with Crippen molar-refractivity contribution in [2.45, 2.75) is 109 Å². The Morgan fingerprint density at radius 3 is 1.92 bits per heavy atom. The standard InChI is InChI=1S/C10H16N.3C4H9.Sn/c1-2-6-10(7-3-1)11-8-4-5-9-11;3*1-3-4-2;/h2,6H,1,3-5,7-9H2;3*1,3-4H2,2H3;. The van der Waals surface area contributed by atoms with Crippen molar-refractivity contribution in [3.63, 3.8) is 0 Å². The molecule has 24 heavy (non-hydrogen) atoms. The van der Waals surface area contributed by atoms with E-state index in [4.69, 9.17) is 0 Å². The predicted molar refractivity (Wildman–Crippen MR) is 111 cm³/mol. The molecule has 1 heterocycles. The van der Waals surface area contributed by atoms with E-state index in [9.17, 15) is 0 Å². The zero-order valence-corrected chi connectivity index (χ0v) is 19.8. The average Bonchev–Trinajstić information content (AvgIpc) is 3.16. The Labute approximate surface area is 156 Å². The summed E-state index contributed by atoms with van der Waals surface area (Å²) in [6.07, 6.45) is 18.9. The van der Waals surface area contributed by atoms with Crippen molar-refractivity contribution in [3.05, 3.63) is 11.8 Å². The van der Waals surface area contributed by atoms with Crippen LogP contribution in [0.2, 0.25) is 17.2 Å². The average molecular weight is 440 g/mol. The molecule has 0 saturated carbocycles. The summed E-state index contributed by atoms with van der Waals surface area (Å²) in [5.74, 6) is 0. The Morgan fingerprint density at radius 2 is 1.42 bits per heavy atom. The van der Waals surface area contributed by atoms with E-state index < -0.39 is 18.4 Å². The molecule has 1 aliphatic heterocycles. The molecule has 0 bridgehead atoms. The third kappa shape index (κ3) is 5.67. The van der Waals surface area contributed by atoms with Gasteiger partial charge < -0.3 is 0 Å². The molecule has 2 rings (SSSR count). The van der Waals surface area contributed by atoms with Crippen molar-refractivity contribution in [3.8, 4) is 0 Å². The molecule has 1 fully saturated rings. The van der Waals surface area contributed by atoms with Crippen LogP contribution in [0.1, 0.15) is 91.4 Å². The fraction of sp³-hybridized carbons (Fsp3) is 0.909. The molecule has 1 aliphatic carbocycles. The maximum absolute atomic E-state index is 2.87. The van der Waals surface area contributed by atoms with Gasteiger partial charge in [-0.2, -0.15) is 0 Å². The van der Waals surface area contributed by atoms with Gasteiger partial charge >= 0.3 is 157 Å². The number of allylic oxidation sites excluding steroid dienone is 2. The fourth-order valence-corrected chi connectivity index (χ4v) is 23.4. The van der Waals surface area contributed by atoms with E-state index in [-0.39, 0.29) is 0 Å². The molecule has 1 saturated heterocycles. The summed E-state index contributed by atoms with van der Waals surface area (Å²) >= 11 is -2.05. The molecule has 0 aromatic rings. The van der Waals surface area contributed by atoms with E-state index in [1.165, 1.54) is 77.3 Å². The quantitative estimate of drug-likeness (QED) is 0.303. The normalized spacial score (nSPS) is 22.0. The molecule has 0 aromatic heterocycles. The second-order valence-electron chi connectivity index (χ2n) is 8.52.